The number of carbonyl (C=O) groups excluding carboxylic acids is 3. The van der Waals surface area contributed by atoms with Gasteiger partial charge in [0.05, 0.1) is 31.1 Å². The average molecular weight is 1270 g/mol. The van der Waals surface area contributed by atoms with Crippen molar-refractivity contribution in [3.05, 3.63) is 146 Å². The Morgan fingerprint density at radius 1 is 0.915 bits per heavy atom. The standard InChI is InChI=1S/C80H100N6O8/c1-46(26-27-49-30-33-83-74-57(49)28-29-68(82-3)85-74)54(45-87)42-79-71(90)58-24-11-20-53-40-76(2)31-8-7-14-48-17-9-19-52-41-77-43-63-61(70(65(77)36-59(48)52)93-75(92)80(79,94-79)72(91)69(53)58)38-67(89)78(32-13-22-55(78)21-12-25-66(86-77)50-15-5-4-6-16-50)64(63)37-60(51-18-10-23-56(88)35-51)62-34-47(39-76)44-84-73(62)81/h9-11,18-20,23-24,30,34-35,41,44,48,50,55,59-61,63-68,70,73,82-89H,4-8,13-17,21-22,26-29,31-33,36-40,42-43,45,81H2,1-3H3. The molecule has 5 fully saturated rings. The number of dihydropyridines is 2. The monoisotopic (exact) mass is 1270 g/mol. The summed E-state index contributed by atoms with van der Waals surface area (Å²) in [4.78, 5) is 50.3. The summed E-state index contributed by atoms with van der Waals surface area (Å²) in [7, 11) is 1.97. The van der Waals surface area contributed by atoms with Crippen LogP contribution in [0.4, 0.5) is 0 Å². The summed E-state index contributed by atoms with van der Waals surface area (Å²) in [6.45, 7) is 4.65. The van der Waals surface area contributed by atoms with Crippen LogP contribution >= 0.6 is 0 Å². The van der Waals surface area contributed by atoms with Crippen molar-refractivity contribution in [1.29, 1.82) is 0 Å². The summed E-state index contributed by atoms with van der Waals surface area (Å²) in [5.41, 5.74) is 11.0. The quantitative estimate of drug-likeness (QED) is 0.0375. The lowest BCUT2D eigenvalue weighted by Gasteiger charge is -2.64. The molecule has 3 spiro atoms. The molecule has 0 amide bonds. The molecule has 14 aliphatic rings. The summed E-state index contributed by atoms with van der Waals surface area (Å²) >= 11 is 0. The largest absolute Gasteiger partial charge is 0.508 e. The van der Waals surface area contributed by atoms with E-state index in [0.717, 1.165) is 131 Å². The Hall–Kier alpha value is -6.05. The highest BCUT2D eigenvalue weighted by atomic mass is 16.7. The number of hydrogen-bond acceptors (Lipinski definition) is 14. The van der Waals surface area contributed by atoms with E-state index in [2.05, 4.69) is 88.0 Å². The van der Waals surface area contributed by atoms with Gasteiger partial charge in [-0.15, -0.1) is 5.92 Å². The zero-order valence-corrected chi connectivity index (χ0v) is 55.6. The van der Waals surface area contributed by atoms with Gasteiger partial charge in [-0.1, -0.05) is 118 Å². The van der Waals surface area contributed by atoms with Crippen molar-refractivity contribution in [3.8, 4) is 17.6 Å². The first-order valence-corrected chi connectivity index (χ1v) is 36.6. The van der Waals surface area contributed by atoms with Gasteiger partial charge >= 0.3 is 5.97 Å². The maximum atomic E-state index is 17.1. The first kappa shape index (κ1) is 62.7. The number of carbonyl (C=O) groups is 3. The molecule has 2 aromatic rings. The number of esters is 1. The lowest BCUT2D eigenvalue weighted by atomic mass is 9.44. The molecule has 1 saturated heterocycles. The van der Waals surface area contributed by atoms with Crippen molar-refractivity contribution in [3.63, 3.8) is 0 Å². The van der Waals surface area contributed by atoms with E-state index >= 15 is 14.4 Å². The van der Waals surface area contributed by atoms with Crippen molar-refractivity contribution in [2.24, 2.45) is 63.9 Å². The number of rotatable bonds is 9. The first-order valence-electron chi connectivity index (χ1n) is 36.6. The fourth-order valence-electron chi connectivity index (χ4n) is 22.6. The van der Waals surface area contributed by atoms with Gasteiger partial charge in [0, 0.05) is 65.4 Å². The first-order chi connectivity index (χ1) is 45.6. The van der Waals surface area contributed by atoms with E-state index in [0.29, 0.717) is 74.5 Å². The summed E-state index contributed by atoms with van der Waals surface area (Å²) in [6.07, 6.45) is 32.6. The van der Waals surface area contributed by atoms with E-state index in [1.807, 2.05) is 38.2 Å². The number of phenolic OH excluding ortho intramolecular Hbond substituents is 1. The number of hydrogen-bond donors (Lipinski definition) is 9. The highest BCUT2D eigenvalue weighted by molar-refractivity contribution is 6.33. The van der Waals surface area contributed by atoms with Crippen molar-refractivity contribution >= 4 is 17.5 Å². The number of allylic oxidation sites excluding steroid dienone is 8. The molecule has 4 saturated carbocycles. The minimum Gasteiger partial charge on any atom is -0.508 e. The Bertz CT molecular complexity index is 3730. The second kappa shape index (κ2) is 24.2. The van der Waals surface area contributed by atoms with Crippen LogP contribution in [0.2, 0.25) is 0 Å². The number of ketones is 2. The molecule has 13 bridgehead atoms. The summed E-state index contributed by atoms with van der Waals surface area (Å²) in [6, 6.07) is 13.2. The lowest BCUT2D eigenvalue weighted by molar-refractivity contribution is -0.204. The van der Waals surface area contributed by atoms with Gasteiger partial charge in [-0.3, -0.25) is 14.9 Å². The van der Waals surface area contributed by atoms with Crippen LogP contribution in [0.3, 0.4) is 0 Å². The molecule has 7 heterocycles. The average Bonchev–Trinajstić information content (AvgIpc) is 1.47. The molecule has 0 radical (unpaired) electrons. The summed E-state index contributed by atoms with van der Waals surface area (Å²) in [5, 5.41) is 55.9. The Balaban J connectivity index is 0.906. The molecule has 7 aliphatic carbocycles. The van der Waals surface area contributed by atoms with Gasteiger partial charge < -0.3 is 51.8 Å². The SMILES string of the molecule is CNC1CCC2=C(NCC=C2CCC(C)=C(CO)CC23OC24C(=O)OC2C5CC(O)C67CCCC6CC#CC(C6CCCCC6)NC68C=C9C=CCC(CCCCC(C)(CC%10=CNC(N)C(=C%10)C(c%10cccc(O)c%10)CC7C5C6)Cc5cccc(c5C4=O)C3=O)C9CC28)N1. The van der Waals surface area contributed by atoms with E-state index in [1.165, 1.54) is 23.1 Å². The number of epoxide rings is 1. The van der Waals surface area contributed by atoms with E-state index < -0.39 is 63.5 Å². The van der Waals surface area contributed by atoms with Crippen LogP contribution in [-0.2, 0) is 20.7 Å². The van der Waals surface area contributed by atoms with Crippen LogP contribution in [0.25, 0.3) is 0 Å². The molecule has 10 N–H and O–H groups in total. The van der Waals surface area contributed by atoms with Crippen LogP contribution in [-0.4, -0.2) is 100 Å². The van der Waals surface area contributed by atoms with Crippen LogP contribution in [0, 0.1) is 70.0 Å². The molecule has 18 atom stereocenters. The van der Waals surface area contributed by atoms with E-state index in [-0.39, 0.29) is 83.5 Å². The third kappa shape index (κ3) is 10.2. The predicted octanol–water partition coefficient (Wildman–Crippen LogP) is 11.4. The zero-order valence-electron chi connectivity index (χ0n) is 55.6. The van der Waals surface area contributed by atoms with Crippen molar-refractivity contribution < 1.29 is 39.2 Å². The number of ether oxygens (including phenoxy) is 2. The van der Waals surface area contributed by atoms with Gasteiger partial charge in [0.1, 0.15) is 17.7 Å². The minimum atomic E-state index is -2.35. The number of nitrogens with two attached hydrogens (primary N) is 1. The number of nitrogens with one attached hydrogen (secondary N) is 5. The highest BCUT2D eigenvalue weighted by Gasteiger charge is 2.86. The van der Waals surface area contributed by atoms with E-state index in [4.69, 9.17) is 15.2 Å². The Labute approximate surface area is 556 Å². The molecule has 2 aromatic carbocycles. The maximum Gasteiger partial charge on any atom is 0.350 e. The van der Waals surface area contributed by atoms with E-state index in [1.54, 1.807) is 12.1 Å². The number of aliphatic hydroxyl groups excluding tert-OH is 2. The molecular formula is C80H100N6O8. The molecule has 16 rings (SSSR count). The number of fused-ring (bicyclic) bond motifs is 3. The normalized spacial score (nSPS) is 40.7. The van der Waals surface area contributed by atoms with Crippen LogP contribution < -0.4 is 32.3 Å². The second-order valence-electron chi connectivity index (χ2n) is 32.2. The number of benzene rings is 2. The fraction of sp³-hybridized carbons (Fsp3) is 0.613. The third-order valence-corrected chi connectivity index (χ3v) is 27.2. The summed E-state index contributed by atoms with van der Waals surface area (Å²) in [5.74, 6) is 7.11. The molecule has 94 heavy (non-hydrogen) atoms. The molecule has 7 aliphatic heterocycles. The van der Waals surface area contributed by atoms with Gasteiger partial charge in [0.15, 0.2) is 11.4 Å². The third-order valence-electron chi connectivity index (χ3n) is 27.2. The number of aliphatic hydroxyl groups is 2. The second-order valence-corrected chi connectivity index (χ2v) is 32.2. The molecule has 14 nitrogen and oxygen atoms in total. The maximum absolute atomic E-state index is 17.1. The molecule has 18 unspecified atom stereocenters. The van der Waals surface area contributed by atoms with Crippen LogP contribution in [0.5, 0.6) is 5.75 Å². The Morgan fingerprint density at radius 3 is 2.60 bits per heavy atom. The molecular weight excluding hydrogens is 1170 g/mol. The number of Topliss-reactive ketones (excluding diaryl/α,β-unsaturated/α-hetero) is 2. The molecule has 14 heteroatoms. The van der Waals surface area contributed by atoms with Crippen molar-refractivity contribution in [2.45, 2.75) is 228 Å². The molecule has 498 valence electrons. The number of phenols is 1. The topological polar surface area (TPSA) is 220 Å². The van der Waals surface area contributed by atoms with Crippen molar-refractivity contribution in [2.75, 3.05) is 20.2 Å². The lowest BCUT2D eigenvalue weighted by Crippen LogP contribution is -2.70. The highest BCUT2D eigenvalue weighted by Crippen LogP contribution is 2.69. The Kier molecular flexibility index (Phi) is 16.1. The number of aromatic hydroxyl groups is 1. The van der Waals surface area contributed by atoms with E-state index in [9.17, 15) is 15.3 Å². The van der Waals surface area contributed by atoms with Gasteiger partial charge in [0.2, 0.25) is 5.78 Å². The van der Waals surface area contributed by atoms with Crippen LogP contribution in [0.1, 0.15) is 206 Å². The van der Waals surface area contributed by atoms with Gasteiger partial charge in [-0.25, -0.2) is 4.79 Å². The van der Waals surface area contributed by atoms with Gasteiger partial charge in [-0.05, 0) is 221 Å². The van der Waals surface area contributed by atoms with Crippen LogP contribution in [0.15, 0.2) is 124 Å². The molecule has 0 aromatic heterocycles. The zero-order chi connectivity index (χ0) is 64.5. The summed E-state index contributed by atoms with van der Waals surface area (Å²) < 4.78 is 14.8. The fourth-order valence-corrected chi connectivity index (χ4v) is 22.6. The Morgan fingerprint density at radius 2 is 1.76 bits per heavy atom. The predicted molar refractivity (Wildman–Crippen MR) is 362 cm³/mol. The minimum absolute atomic E-state index is 0.0996. The van der Waals surface area contributed by atoms with Gasteiger partial charge in [0.25, 0.3) is 5.60 Å². The smallest absolute Gasteiger partial charge is 0.350 e. The van der Waals surface area contributed by atoms with Gasteiger partial charge in [-0.2, -0.15) is 0 Å². The van der Waals surface area contributed by atoms with Crippen molar-refractivity contribution in [1.82, 2.24) is 26.6 Å².